The summed E-state index contributed by atoms with van der Waals surface area (Å²) in [4.78, 5) is 25.4. The van der Waals surface area contributed by atoms with Crippen molar-refractivity contribution in [2.75, 3.05) is 45.0 Å². The molecule has 4 aromatic rings. The van der Waals surface area contributed by atoms with Crippen molar-refractivity contribution in [3.8, 4) is 11.5 Å². The molecule has 0 spiro atoms. The first-order valence-electron chi connectivity index (χ1n) is 13.5. The number of carbonyl (C=O) groups is 1. The Bertz CT molecular complexity index is 1640. The molecule has 222 valence electrons. The van der Waals surface area contributed by atoms with Crippen LogP contribution in [-0.4, -0.2) is 85.3 Å². The van der Waals surface area contributed by atoms with Gasteiger partial charge in [0.1, 0.15) is 29.3 Å². The molecule has 1 aliphatic rings. The lowest BCUT2D eigenvalue weighted by Gasteiger charge is -2.30. The number of ketones is 1. The fraction of sp³-hybridized carbons (Fsp3) is 0.345. The number of nitrogens with one attached hydrogen (secondary N) is 2. The smallest absolute Gasteiger partial charge is 0.215 e. The number of carbonyl (C=O) groups excluding carboxylic acids is 1. The molecule has 0 unspecified atom stereocenters. The number of benzene rings is 2. The van der Waals surface area contributed by atoms with E-state index in [4.69, 9.17) is 25.8 Å². The molecule has 0 saturated carbocycles. The fourth-order valence-corrected chi connectivity index (χ4v) is 5.52. The number of rotatable bonds is 12. The highest BCUT2D eigenvalue weighted by Crippen LogP contribution is 2.32. The van der Waals surface area contributed by atoms with E-state index >= 15 is 0 Å². The average molecular weight is 614 g/mol. The van der Waals surface area contributed by atoms with Crippen molar-refractivity contribution in [2.24, 2.45) is 0 Å². The molecule has 0 amide bonds. The zero-order valence-corrected chi connectivity index (χ0v) is 24.8. The van der Waals surface area contributed by atoms with Gasteiger partial charge < -0.3 is 24.5 Å². The second-order valence-electron chi connectivity index (χ2n) is 10.1. The molecule has 2 aromatic heterocycles. The van der Waals surface area contributed by atoms with E-state index in [1.165, 1.54) is 24.7 Å². The second kappa shape index (κ2) is 13.2. The first kappa shape index (κ1) is 29.9. The summed E-state index contributed by atoms with van der Waals surface area (Å²) in [6, 6.07) is 14.2. The summed E-state index contributed by atoms with van der Waals surface area (Å²) in [6.45, 7) is 0.829. The predicted octanol–water partition coefficient (Wildman–Crippen LogP) is 4.50. The molecule has 0 radical (unpaired) electrons. The van der Waals surface area contributed by atoms with Crippen LogP contribution in [0.3, 0.4) is 0 Å². The summed E-state index contributed by atoms with van der Waals surface area (Å²) < 4.78 is 42.3. The van der Waals surface area contributed by atoms with Crippen LogP contribution in [0, 0.1) is 0 Å². The van der Waals surface area contributed by atoms with Gasteiger partial charge in [-0.05, 0) is 37.1 Å². The summed E-state index contributed by atoms with van der Waals surface area (Å²) in [6.07, 6.45) is 4.41. The first-order chi connectivity index (χ1) is 20.2. The Hall–Kier alpha value is -3.55. The number of aromatic amines is 1. The molecule has 3 heterocycles. The van der Waals surface area contributed by atoms with Gasteiger partial charge in [-0.25, -0.2) is 22.7 Å². The molecule has 0 bridgehead atoms. The largest absolute Gasteiger partial charge is 0.457 e. The van der Waals surface area contributed by atoms with E-state index in [2.05, 4.69) is 20.3 Å². The number of anilines is 1. The molecule has 42 heavy (non-hydrogen) atoms. The van der Waals surface area contributed by atoms with Crippen molar-refractivity contribution in [1.29, 1.82) is 0 Å². The number of sulfonamides is 1. The SMILES string of the molecule is CN(C)S(=O)(=O)CCOC[C@@H]1CC[C@@H](Nc2ncnc3[nH]cc(C(=O)c4ccc(Oc5ccccc5)cc4Cl)c23)CO1. The van der Waals surface area contributed by atoms with Crippen LogP contribution in [0.15, 0.2) is 61.1 Å². The van der Waals surface area contributed by atoms with Crippen LogP contribution in [-0.2, 0) is 19.5 Å². The van der Waals surface area contributed by atoms with Crippen molar-refractivity contribution in [3.05, 3.63) is 77.2 Å². The number of nitrogens with zero attached hydrogens (tertiary/aromatic N) is 3. The van der Waals surface area contributed by atoms with Crippen LogP contribution in [0.1, 0.15) is 28.8 Å². The molecular formula is C29H32ClN5O6S. The molecule has 1 saturated heterocycles. The van der Waals surface area contributed by atoms with Crippen molar-refractivity contribution in [3.63, 3.8) is 0 Å². The van der Waals surface area contributed by atoms with E-state index in [0.29, 0.717) is 52.7 Å². The zero-order chi connectivity index (χ0) is 29.7. The minimum atomic E-state index is -3.30. The van der Waals surface area contributed by atoms with Gasteiger partial charge in [0.25, 0.3) is 0 Å². The number of ether oxygens (including phenoxy) is 3. The third kappa shape index (κ3) is 7.08. The number of aromatic nitrogens is 3. The first-order valence-corrected chi connectivity index (χ1v) is 15.5. The minimum absolute atomic E-state index is 0.0515. The molecule has 11 nitrogen and oxygen atoms in total. The summed E-state index contributed by atoms with van der Waals surface area (Å²) in [7, 11) is -0.297. The van der Waals surface area contributed by atoms with Gasteiger partial charge in [-0.2, -0.15) is 0 Å². The Morgan fingerprint density at radius 3 is 2.64 bits per heavy atom. The van der Waals surface area contributed by atoms with Gasteiger partial charge >= 0.3 is 0 Å². The summed E-state index contributed by atoms with van der Waals surface area (Å²) >= 11 is 6.53. The lowest BCUT2D eigenvalue weighted by atomic mass is 10.0. The highest BCUT2D eigenvalue weighted by Gasteiger charge is 2.26. The van der Waals surface area contributed by atoms with Crippen LogP contribution in [0.5, 0.6) is 11.5 Å². The van der Waals surface area contributed by atoms with Crippen LogP contribution in [0.25, 0.3) is 11.0 Å². The van der Waals surface area contributed by atoms with Gasteiger partial charge in [-0.1, -0.05) is 29.8 Å². The normalized spacial score (nSPS) is 17.4. The summed E-state index contributed by atoms with van der Waals surface area (Å²) in [5.74, 6) is 1.35. The van der Waals surface area contributed by atoms with E-state index in [0.717, 1.165) is 12.8 Å². The number of hydrogen-bond acceptors (Lipinski definition) is 9. The molecule has 5 rings (SSSR count). The van der Waals surface area contributed by atoms with Crippen LogP contribution in [0.2, 0.25) is 5.02 Å². The van der Waals surface area contributed by atoms with Gasteiger partial charge in [-0.15, -0.1) is 0 Å². The van der Waals surface area contributed by atoms with Crippen molar-refractivity contribution >= 4 is 44.3 Å². The second-order valence-corrected chi connectivity index (χ2v) is 12.8. The van der Waals surface area contributed by atoms with Gasteiger partial charge in [0, 0.05) is 31.9 Å². The number of halogens is 1. The number of hydrogen-bond donors (Lipinski definition) is 2. The van der Waals surface area contributed by atoms with E-state index in [9.17, 15) is 13.2 Å². The zero-order valence-electron chi connectivity index (χ0n) is 23.2. The third-order valence-electron chi connectivity index (χ3n) is 6.94. The Balaban J connectivity index is 1.22. The van der Waals surface area contributed by atoms with Gasteiger partial charge in [0.2, 0.25) is 10.0 Å². The molecule has 0 aliphatic carbocycles. The van der Waals surface area contributed by atoms with Crippen LogP contribution < -0.4 is 10.1 Å². The van der Waals surface area contributed by atoms with E-state index in [1.807, 2.05) is 30.3 Å². The van der Waals surface area contributed by atoms with E-state index in [-0.39, 0.29) is 35.3 Å². The molecule has 2 N–H and O–H groups in total. The molecule has 1 fully saturated rings. The Morgan fingerprint density at radius 2 is 1.93 bits per heavy atom. The highest BCUT2D eigenvalue weighted by molar-refractivity contribution is 7.89. The highest BCUT2D eigenvalue weighted by atomic mass is 35.5. The Kier molecular flexibility index (Phi) is 9.39. The maximum atomic E-state index is 13.6. The van der Waals surface area contributed by atoms with Crippen molar-refractivity contribution in [1.82, 2.24) is 19.3 Å². The Morgan fingerprint density at radius 1 is 1.12 bits per heavy atom. The standard InChI is InChI=1S/C29H32ClN5O6S/c1-35(2)42(37,38)13-12-39-17-22-9-8-19(16-40-22)34-29-26-24(15-31-28(26)32-18-33-29)27(36)23-11-10-21(14-25(23)30)41-20-6-4-3-5-7-20/h3-7,10-11,14-15,18-19,22H,8-9,12-13,16-17H2,1-2H3,(H2,31,32,33,34)/t19-,22+/m1/s1. The third-order valence-corrected chi connectivity index (χ3v) is 9.04. The van der Waals surface area contributed by atoms with Gasteiger partial charge in [-0.3, -0.25) is 4.79 Å². The minimum Gasteiger partial charge on any atom is -0.457 e. The molecule has 1 aliphatic heterocycles. The van der Waals surface area contributed by atoms with Crippen molar-refractivity contribution in [2.45, 2.75) is 25.0 Å². The molecule has 2 atom stereocenters. The molecular weight excluding hydrogens is 582 g/mol. The number of fused-ring (bicyclic) bond motifs is 1. The monoisotopic (exact) mass is 613 g/mol. The summed E-state index contributed by atoms with van der Waals surface area (Å²) in [5, 5.41) is 4.23. The van der Waals surface area contributed by atoms with Crippen LogP contribution in [0.4, 0.5) is 5.82 Å². The van der Waals surface area contributed by atoms with Gasteiger partial charge in [0.15, 0.2) is 5.78 Å². The quantitative estimate of drug-likeness (QED) is 0.175. The van der Waals surface area contributed by atoms with Gasteiger partial charge in [0.05, 0.1) is 53.7 Å². The molecule has 13 heteroatoms. The van der Waals surface area contributed by atoms with Crippen LogP contribution >= 0.6 is 11.6 Å². The maximum Gasteiger partial charge on any atom is 0.215 e. The average Bonchev–Trinajstić information content (AvgIpc) is 3.42. The molecule has 2 aromatic carbocycles. The lowest BCUT2D eigenvalue weighted by molar-refractivity contribution is -0.0420. The van der Waals surface area contributed by atoms with E-state index in [1.54, 1.807) is 24.4 Å². The number of para-hydroxylation sites is 1. The Labute approximate surface area is 249 Å². The lowest BCUT2D eigenvalue weighted by Crippen LogP contribution is -2.37. The van der Waals surface area contributed by atoms with E-state index < -0.39 is 10.0 Å². The predicted molar refractivity (Wildman–Crippen MR) is 160 cm³/mol. The van der Waals surface area contributed by atoms with Crippen molar-refractivity contribution < 1.29 is 27.4 Å². The number of H-pyrrole nitrogens is 1. The summed E-state index contributed by atoms with van der Waals surface area (Å²) in [5.41, 5.74) is 1.24. The fourth-order valence-electron chi connectivity index (χ4n) is 4.57. The topological polar surface area (TPSA) is 136 Å². The maximum absolute atomic E-state index is 13.6.